The van der Waals surface area contributed by atoms with Gasteiger partial charge in [0.25, 0.3) is 0 Å². The number of hydrogen-bond donors (Lipinski definition) is 12. The summed E-state index contributed by atoms with van der Waals surface area (Å²) in [6, 6.07) is -0.999. The van der Waals surface area contributed by atoms with Crippen LogP contribution in [0.15, 0.2) is 85.1 Å². The summed E-state index contributed by atoms with van der Waals surface area (Å²) in [7, 11) is 0. The Labute approximate surface area is 622 Å². The second-order valence-corrected chi connectivity index (χ2v) is 29.2. The smallest absolute Gasteiger partial charge is 0.220 e. The second kappa shape index (κ2) is 63.9. The van der Waals surface area contributed by atoms with Crippen molar-refractivity contribution >= 4 is 5.91 Å². The van der Waals surface area contributed by atoms with Crippen LogP contribution in [-0.4, -0.2) is 193 Å². The van der Waals surface area contributed by atoms with Crippen LogP contribution in [0, 0.1) is 0 Å². The van der Waals surface area contributed by atoms with Crippen LogP contribution >= 0.6 is 0 Å². The molecule has 3 fully saturated rings. The van der Waals surface area contributed by atoms with Gasteiger partial charge in [-0.25, -0.2) is 0 Å². The summed E-state index contributed by atoms with van der Waals surface area (Å²) < 4.78 is 34.4. The lowest BCUT2D eigenvalue weighted by atomic mass is 9.96. The fourth-order valence-electron chi connectivity index (χ4n) is 13.6. The van der Waals surface area contributed by atoms with Gasteiger partial charge >= 0.3 is 0 Å². The molecular formula is C84H149NO18. The number of nitrogens with one attached hydrogen (secondary N) is 1. The van der Waals surface area contributed by atoms with Crippen LogP contribution in [0.2, 0.25) is 0 Å². The van der Waals surface area contributed by atoms with Crippen molar-refractivity contribution in [3.63, 3.8) is 0 Å². The lowest BCUT2D eigenvalue weighted by Crippen LogP contribution is -2.66. The molecule has 12 N–H and O–H groups in total. The maximum atomic E-state index is 13.5. The fraction of sp³-hybridized carbons (Fsp3) is 0.821. The number of aliphatic hydroxyl groups is 11. The normalized spacial score (nSPS) is 26.5. The zero-order valence-corrected chi connectivity index (χ0v) is 64.0. The summed E-state index contributed by atoms with van der Waals surface area (Å²) >= 11 is 0. The molecule has 0 aromatic heterocycles. The van der Waals surface area contributed by atoms with E-state index < -0.39 is 124 Å². The van der Waals surface area contributed by atoms with E-state index in [2.05, 4.69) is 92.1 Å². The minimum absolute atomic E-state index is 0.228. The van der Waals surface area contributed by atoms with Gasteiger partial charge in [0, 0.05) is 6.42 Å². The highest BCUT2D eigenvalue weighted by atomic mass is 16.8. The summed E-state index contributed by atoms with van der Waals surface area (Å²) in [6.07, 6.45) is 58.6. The van der Waals surface area contributed by atoms with Crippen molar-refractivity contribution in [1.82, 2.24) is 5.32 Å². The molecule has 0 aliphatic carbocycles. The van der Waals surface area contributed by atoms with Crippen molar-refractivity contribution in [1.29, 1.82) is 0 Å². The molecule has 0 aromatic carbocycles. The lowest BCUT2D eigenvalue weighted by Gasteiger charge is -2.48. The van der Waals surface area contributed by atoms with Gasteiger partial charge in [0.05, 0.1) is 38.6 Å². The molecule has 3 heterocycles. The molecule has 103 heavy (non-hydrogen) atoms. The first kappa shape index (κ1) is 94.2. The van der Waals surface area contributed by atoms with Crippen LogP contribution in [0.5, 0.6) is 0 Å². The van der Waals surface area contributed by atoms with Crippen LogP contribution < -0.4 is 5.32 Å². The van der Waals surface area contributed by atoms with Crippen molar-refractivity contribution in [2.75, 3.05) is 26.4 Å². The van der Waals surface area contributed by atoms with Gasteiger partial charge in [-0.05, 0) is 77.0 Å². The quantitative estimate of drug-likeness (QED) is 0.0199. The highest BCUT2D eigenvalue weighted by molar-refractivity contribution is 5.76. The summed E-state index contributed by atoms with van der Waals surface area (Å²) in [5.74, 6) is -0.289. The van der Waals surface area contributed by atoms with Gasteiger partial charge in [0.1, 0.15) is 73.2 Å². The molecule has 17 unspecified atom stereocenters. The Bertz CT molecular complexity index is 2190. The van der Waals surface area contributed by atoms with E-state index in [9.17, 15) is 61.0 Å². The number of allylic oxidation sites excluding steroid dienone is 13. The molecule has 3 aliphatic heterocycles. The van der Waals surface area contributed by atoms with Gasteiger partial charge in [0.2, 0.25) is 5.91 Å². The van der Waals surface area contributed by atoms with Crippen LogP contribution in [-0.2, 0) is 33.2 Å². The van der Waals surface area contributed by atoms with Gasteiger partial charge in [-0.15, -0.1) is 0 Å². The number of unbranched alkanes of at least 4 members (excludes halogenated alkanes) is 37. The SMILES string of the molecule is CC/C=C\C/C=C\C/C=C\C/C=C\C/C=C\CCCCCCCCCCCCCC(=O)NC(COC1OC(CO)C(OC2OC(CO)C(OC3OC(CO)C(O)C(O)C3O)C(O)C2O)C(O)C1O)C(O)/C=C/CC/C=C/CCCCCCCCCCCCCCCCCCCCCCCCCCC. The number of carbonyl (C=O) groups is 1. The Morgan fingerprint density at radius 3 is 1.09 bits per heavy atom. The molecule has 0 aromatic rings. The van der Waals surface area contributed by atoms with Crippen LogP contribution in [0.1, 0.15) is 309 Å². The number of hydrogen-bond acceptors (Lipinski definition) is 18. The predicted octanol–water partition coefficient (Wildman–Crippen LogP) is 14.2. The first-order chi connectivity index (χ1) is 50.3. The third-order valence-electron chi connectivity index (χ3n) is 20.2. The molecule has 19 heteroatoms. The Balaban J connectivity index is 1.38. The van der Waals surface area contributed by atoms with Gasteiger partial charge in [-0.3, -0.25) is 4.79 Å². The Morgan fingerprint density at radius 2 is 0.680 bits per heavy atom. The molecule has 0 radical (unpaired) electrons. The topological polar surface area (TPSA) is 307 Å². The van der Waals surface area contributed by atoms with Crippen molar-refractivity contribution in [2.45, 2.75) is 413 Å². The Kier molecular flexibility index (Phi) is 58.4. The zero-order valence-electron chi connectivity index (χ0n) is 64.0. The predicted molar refractivity (Wildman–Crippen MR) is 411 cm³/mol. The van der Waals surface area contributed by atoms with E-state index in [1.807, 2.05) is 6.08 Å². The summed E-state index contributed by atoms with van der Waals surface area (Å²) in [5, 5.41) is 121. The van der Waals surface area contributed by atoms with Crippen LogP contribution in [0.4, 0.5) is 0 Å². The molecule has 0 spiro atoms. The lowest BCUT2D eigenvalue weighted by molar-refractivity contribution is -0.379. The number of rotatable bonds is 65. The van der Waals surface area contributed by atoms with Gasteiger partial charge in [-0.1, -0.05) is 311 Å². The minimum Gasteiger partial charge on any atom is -0.394 e. The molecule has 3 aliphatic rings. The first-order valence-corrected chi connectivity index (χ1v) is 41.3. The standard InChI is InChI=1S/C84H149NO18/c1-3-5-7-9-11-13-15-17-19-21-23-25-27-29-31-32-33-34-36-37-39-41-43-45-47-49-51-53-55-57-59-61-68(89)67(85-72(90)62-60-58-56-54-52-50-48-46-44-42-40-38-35-30-28-26-24-22-20-18-16-14-12-10-8-6-4-2)66-98-82-78(96)75(93)80(70(64-87)100-82)103-84-79(97)76(94)81(71(65-88)101-84)102-83-77(95)74(92)73(91)69(63-86)99-83/h6,8,12,14,18,20,24,26,30,35,51,53,59,61,67-71,73-84,86-89,91-97H,3-5,7,9-11,13,15-17,19,21-23,25,27-29,31-34,36-50,52,54-58,60,62-66H2,1-2H3,(H,85,90)/b8-6-,14-12-,20-18-,26-24-,35-30-,53-51+,61-59+. The number of aliphatic hydroxyl groups excluding tert-OH is 11. The average Bonchev–Trinajstić information content (AvgIpc) is 0.781. The van der Waals surface area contributed by atoms with E-state index >= 15 is 0 Å². The van der Waals surface area contributed by atoms with Crippen molar-refractivity contribution in [3.05, 3.63) is 85.1 Å². The molecule has 19 nitrogen and oxygen atoms in total. The Morgan fingerprint density at radius 1 is 0.359 bits per heavy atom. The largest absolute Gasteiger partial charge is 0.394 e. The van der Waals surface area contributed by atoms with Crippen molar-refractivity contribution in [3.8, 4) is 0 Å². The molecule has 0 saturated carbocycles. The molecule has 1 amide bonds. The highest BCUT2D eigenvalue weighted by Crippen LogP contribution is 2.33. The molecule has 0 bridgehead atoms. The van der Waals surface area contributed by atoms with E-state index in [0.29, 0.717) is 12.8 Å². The molecule has 3 rings (SSSR count). The second-order valence-electron chi connectivity index (χ2n) is 29.2. The highest BCUT2D eigenvalue weighted by Gasteiger charge is 2.54. The third-order valence-corrected chi connectivity index (χ3v) is 20.2. The average molecular weight is 1460 g/mol. The van der Waals surface area contributed by atoms with Crippen LogP contribution in [0.3, 0.4) is 0 Å². The van der Waals surface area contributed by atoms with E-state index in [1.54, 1.807) is 6.08 Å². The van der Waals surface area contributed by atoms with E-state index in [0.717, 1.165) is 83.5 Å². The summed E-state index contributed by atoms with van der Waals surface area (Å²) in [5.41, 5.74) is 0. The monoisotopic (exact) mass is 1460 g/mol. The molecule has 598 valence electrons. The number of carbonyl (C=O) groups excluding carboxylic acids is 1. The zero-order chi connectivity index (χ0) is 74.6. The van der Waals surface area contributed by atoms with Gasteiger partial charge < -0.3 is 89.9 Å². The Hall–Kier alpha value is -3.03. The number of ether oxygens (including phenoxy) is 6. The number of amides is 1. The first-order valence-electron chi connectivity index (χ1n) is 41.3. The third kappa shape index (κ3) is 43.7. The molecule has 17 atom stereocenters. The molecule has 3 saturated heterocycles. The maximum Gasteiger partial charge on any atom is 0.220 e. The fourth-order valence-corrected chi connectivity index (χ4v) is 13.6. The maximum absolute atomic E-state index is 13.5. The van der Waals surface area contributed by atoms with E-state index in [-0.39, 0.29) is 18.9 Å². The molecular weight excluding hydrogens is 1310 g/mol. The van der Waals surface area contributed by atoms with Crippen LogP contribution in [0.25, 0.3) is 0 Å². The van der Waals surface area contributed by atoms with Gasteiger partial charge in [0.15, 0.2) is 18.9 Å². The summed E-state index contributed by atoms with van der Waals surface area (Å²) in [4.78, 5) is 13.5. The summed E-state index contributed by atoms with van der Waals surface area (Å²) in [6.45, 7) is 1.63. The van der Waals surface area contributed by atoms with Crippen molar-refractivity contribution in [2.24, 2.45) is 0 Å². The van der Waals surface area contributed by atoms with Crippen molar-refractivity contribution < 1.29 is 89.4 Å². The van der Waals surface area contributed by atoms with E-state index in [1.165, 1.54) is 193 Å². The van der Waals surface area contributed by atoms with Gasteiger partial charge in [-0.2, -0.15) is 0 Å². The van der Waals surface area contributed by atoms with E-state index in [4.69, 9.17) is 28.4 Å². The minimum atomic E-state index is -1.99.